The summed E-state index contributed by atoms with van der Waals surface area (Å²) in [5, 5.41) is 0. The molecule has 0 amide bonds. The topological polar surface area (TPSA) is 24.8 Å². The average molecular weight is 196 g/mol. The lowest BCUT2D eigenvalue weighted by Gasteiger charge is -2.29. The van der Waals surface area contributed by atoms with E-state index in [4.69, 9.17) is 0 Å². The van der Waals surface area contributed by atoms with Crippen LogP contribution in [0.4, 0.5) is 13.2 Å². The zero-order valence-corrected chi connectivity index (χ0v) is 7.43. The first-order valence-electron chi connectivity index (χ1n) is 3.83. The van der Waals surface area contributed by atoms with Gasteiger partial charge in [0.1, 0.15) is 5.84 Å². The summed E-state index contributed by atoms with van der Waals surface area (Å²) in [5.74, 6) is -0.0567. The van der Waals surface area contributed by atoms with Gasteiger partial charge in [-0.1, -0.05) is 0 Å². The van der Waals surface area contributed by atoms with Gasteiger partial charge >= 0.3 is 6.18 Å². The molecule has 0 N–H and O–H groups in total. The molecular formula is C7H11F3N2O. The molecule has 1 heterocycles. The van der Waals surface area contributed by atoms with Crippen molar-refractivity contribution in [2.24, 2.45) is 4.99 Å². The zero-order chi connectivity index (χ0) is 10.1. The van der Waals surface area contributed by atoms with Gasteiger partial charge in [0.2, 0.25) is 6.10 Å². The lowest BCUT2D eigenvalue weighted by molar-refractivity contribution is -0.200. The van der Waals surface area contributed by atoms with Gasteiger partial charge in [0.15, 0.2) is 0 Å². The number of alkyl halides is 3. The average Bonchev–Trinajstić information content (AvgIpc) is 2.03. The van der Waals surface area contributed by atoms with Crippen LogP contribution in [0.25, 0.3) is 0 Å². The van der Waals surface area contributed by atoms with Gasteiger partial charge in [-0.25, -0.2) is 0 Å². The Morgan fingerprint density at radius 2 is 2.08 bits per heavy atom. The Bertz CT molecular complexity index is 212. The number of rotatable bonds is 0. The van der Waals surface area contributed by atoms with Crippen molar-refractivity contribution >= 4 is 5.84 Å². The molecule has 0 aliphatic carbocycles. The maximum atomic E-state index is 12.3. The number of nitrogens with zero attached hydrogens (tertiary/aromatic N) is 2. The van der Waals surface area contributed by atoms with Crippen LogP contribution in [0.15, 0.2) is 4.99 Å². The monoisotopic (exact) mass is 196 g/mol. The first kappa shape index (κ1) is 10.3. The lowest BCUT2D eigenvalue weighted by Crippen LogP contribution is -2.48. The Balaban J connectivity index is 2.83. The SMILES string of the molecule is CN(C)C1=NCCOC1C(F)(F)F. The first-order valence-corrected chi connectivity index (χ1v) is 3.83. The lowest BCUT2D eigenvalue weighted by atomic mass is 10.2. The number of hydrogen-bond acceptors (Lipinski definition) is 3. The standard InChI is InChI=1S/C7H11F3N2O/c1-12(2)6-5(7(8,9)10)13-4-3-11-6/h5H,3-4H2,1-2H3. The molecule has 1 unspecified atom stereocenters. The molecule has 0 radical (unpaired) electrons. The van der Waals surface area contributed by atoms with Crippen molar-refractivity contribution in [3.8, 4) is 0 Å². The van der Waals surface area contributed by atoms with Gasteiger partial charge < -0.3 is 9.64 Å². The minimum absolute atomic E-state index is 0.0293. The van der Waals surface area contributed by atoms with E-state index in [9.17, 15) is 13.2 Å². The highest BCUT2D eigenvalue weighted by atomic mass is 19.4. The van der Waals surface area contributed by atoms with E-state index in [1.165, 1.54) is 19.0 Å². The minimum atomic E-state index is -4.37. The van der Waals surface area contributed by atoms with E-state index in [1.807, 2.05) is 0 Å². The molecule has 76 valence electrons. The first-order chi connectivity index (χ1) is 5.93. The Morgan fingerprint density at radius 1 is 1.46 bits per heavy atom. The van der Waals surface area contributed by atoms with Crippen molar-refractivity contribution in [2.75, 3.05) is 27.2 Å². The molecule has 0 saturated carbocycles. The predicted molar refractivity (Wildman–Crippen MR) is 41.8 cm³/mol. The predicted octanol–water partition coefficient (Wildman–Crippen LogP) is 0.908. The third kappa shape index (κ3) is 2.33. The fourth-order valence-electron chi connectivity index (χ4n) is 1.11. The maximum Gasteiger partial charge on any atom is 0.421 e. The molecule has 0 fully saturated rings. The van der Waals surface area contributed by atoms with Crippen molar-refractivity contribution < 1.29 is 17.9 Å². The van der Waals surface area contributed by atoms with Crippen molar-refractivity contribution in [2.45, 2.75) is 12.3 Å². The molecule has 0 aromatic carbocycles. The van der Waals surface area contributed by atoms with Crippen LogP contribution >= 0.6 is 0 Å². The molecule has 0 aromatic heterocycles. The van der Waals surface area contributed by atoms with Crippen LogP contribution in [0.1, 0.15) is 0 Å². The van der Waals surface area contributed by atoms with Crippen molar-refractivity contribution in [3.63, 3.8) is 0 Å². The van der Waals surface area contributed by atoms with Crippen LogP contribution in [-0.4, -0.2) is 50.3 Å². The maximum absolute atomic E-state index is 12.3. The molecule has 0 spiro atoms. The van der Waals surface area contributed by atoms with E-state index >= 15 is 0 Å². The third-order valence-corrected chi connectivity index (χ3v) is 1.64. The fraction of sp³-hybridized carbons (Fsp3) is 0.857. The second-order valence-corrected chi connectivity index (χ2v) is 2.93. The Labute approximate surface area is 74.2 Å². The van der Waals surface area contributed by atoms with E-state index in [2.05, 4.69) is 9.73 Å². The molecule has 1 aliphatic heterocycles. The van der Waals surface area contributed by atoms with Gasteiger partial charge in [-0.3, -0.25) is 4.99 Å². The number of likely N-dealkylation sites (N-methyl/N-ethyl adjacent to an activating group) is 1. The molecule has 1 aliphatic rings. The number of halogens is 3. The molecular weight excluding hydrogens is 185 g/mol. The highest BCUT2D eigenvalue weighted by molar-refractivity contribution is 5.87. The van der Waals surface area contributed by atoms with E-state index in [0.29, 0.717) is 6.54 Å². The smallest absolute Gasteiger partial charge is 0.364 e. The Morgan fingerprint density at radius 3 is 2.46 bits per heavy atom. The van der Waals surface area contributed by atoms with Gasteiger partial charge in [-0.2, -0.15) is 13.2 Å². The van der Waals surface area contributed by atoms with Crippen LogP contribution in [0.3, 0.4) is 0 Å². The van der Waals surface area contributed by atoms with E-state index < -0.39 is 12.3 Å². The molecule has 0 aromatic rings. The summed E-state index contributed by atoms with van der Waals surface area (Å²) in [5.41, 5.74) is 0. The summed E-state index contributed by atoms with van der Waals surface area (Å²) in [6, 6.07) is 0. The van der Waals surface area contributed by atoms with Gasteiger partial charge in [0, 0.05) is 14.1 Å². The fourth-order valence-corrected chi connectivity index (χ4v) is 1.11. The quantitative estimate of drug-likeness (QED) is 0.575. The summed E-state index contributed by atoms with van der Waals surface area (Å²) >= 11 is 0. The van der Waals surface area contributed by atoms with Crippen LogP contribution in [0.2, 0.25) is 0 Å². The Kier molecular flexibility index (Phi) is 2.80. The van der Waals surface area contributed by atoms with Gasteiger partial charge in [-0.15, -0.1) is 0 Å². The Hall–Kier alpha value is -0.780. The summed E-state index contributed by atoms with van der Waals surface area (Å²) < 4.78 is 41.6. The number of ether oxygens (including phenoxy) is 1. The van der Waals surface area contributed by atoms with Crippen molar-refractivity contribution in [1.82, 2.24) is 4.90 Å². The highest BCUT2D eigenvalue weighted by Crippen LogP contribution is 2.26. The zero-order valence-electron chi connectivity index (χ0n) is 7.43. The van der Waals surface area contributed by atoms with Crippen molar-refractivity contribution in [1.29, 1.82) is 0 Å². The highest BCUT2D eigenvalue weighted by Gasteiger charge is 2.46. The molecule has 6 heteroatoms. The molecule has 0 bridgehead atoms. The summed E-state index contributed by atoms with van der Waals surface area (Å²) in [6.45, 7) is 0.321. The largest absolute Gasteiger partial charge is 0.421 e. The second kappa shape index (κ2) is 3.53. The van der Waals surface area contributed by atoms with E-state index in [1.54, 1.807) is 0 Å². The van der Waals surface area contributed by atoms with Gasteiger partial charge in [-0.05, 0) is 0 Å². The summed E-state index contributed by atoms with van der Waals surface area (Å²) in [4.78, 5) is 5.11. The molecule has 1 atom stereocenters. The minimum Gasteiger partial charge on any atom is -0.364 e. The van der Waals surface area contributed by atoms with E-state index in [-0.39, 0.29) is 12.4 Å². The third-order valence-electron chi connectivity index (χ3n) is 1.64. The number of hydrogen-bond donors (Lipinski definition) is 0. The van der Waals surface area contributed by atoms with Gasteiger partial charge in [0.05, 0.1) is 13.2 Å². The summed E-state index contributed by atoms with van der Waals surface area (Å²) in [6.07, 6.45) is -6.24. The molecule has 3 nitrogen and oxygen atoms in total. The van der Waals surface area contributed by atoms with Crippen molar-refractivity contribution in [3.05, 3.63) is 0 Å². The van der Waals surface area contributed by atoms with E-state index in [0.717, 1.165) is 0 Å². The van der Waals surface area contributed by atoms with Gasteiger partial charge in [0.25, 0.3) is 0 Å². The summed E-state index contributed by atoms with van der Waals surface area (Å²) in [7, 11) is 3.04. The second-order valence-electron chi connectivity index (χ2n) is 2.93. The molecule has 0 saturated heterocycles. The molecule has 13 heavy (non-hydrogen) atoms. The number of aliphatic imine (C=N–C) groups is 1. The molecule has 1 rings (SSSR count). The van der Waals surface area contributed by atoms with Crippen LogP contribution in [-0.2, 0) is 4.74 Å². The number of amidine groups is 1. The van der Waals surface area contributed by atoms with Crippen LogP contribution < -0.4 is 0 Å². The van der Waals surface area contributed by atoms with Crippen LogP contribution in [0.5, 0.6) is 0 Å². The van der Waals surface area contributed by atoms with Crippen LogP contribution in [0, 0.1) is 0 Å². The normalized spacial score (nSPS) is 24.1.